The minimum atomic E-state index is -0.914. The maximum absolute atomic E-state index is 12.5. The molecule has 0 atom stereocenters. The van der Waals surface area contributed by atoms with E-state index in [1.54, 1.807) is 32.0 Å². The molecule has 2 aromatic carbocycles. The van der Waals surface area contributed by atoms with Gasteiger partial charge in [-0.1, -0.05) is 18.2 Å². The van der Waals surface area contributed by atoms with Crippen molar-refractivity contribution in [2.75, 3.05) is 29.9 Å². The van der Waals surface area contributed by atoms with Crippen molar-refractivity contribution in [3.63, 3.8) is 0 Å². The number of hydrogen-bond acceptors (Lipinski definition) is 4. The van der Waals surface area contributed by atoms with Crippen molar-refractivity contribution in [1.82, 2.24) is 5.32 Å². The maximum Gasteiger partial charge on any atom is 0.268 e. The lowest BCUT2D eigenvalue weighted by molar-refractivity contribution is -0.129. The van der Waals surface area contributed by atoms with E-state index in [4.69, 9.17) is 4.74 Å². The van der Waals surface area contributed by atoms with Gasteiger partial charge >= 0.3 is 0 Å². The smallest absolute Gasteiger partial charge is 0.268 e. The van der Waals surface area contributed by atoms with Gasteiger partial charge in [0.15, 0.2) is 5.60 Å². The van der Waals surface area contributed by atoms with Crippen LogP contribution in [0.1, 0.15) is 29.8 Å². The fourth-order valence-electron chi connectivity index (χ4n) is 3.50. The summed E-state index contributed by atoms with van der Waals surface area (Å²) in [4.78, 5) is 26.8. The summed E-state index contributed by atoms with van der Waals surface area (Å²) in [5.74, 6) is 0.189. The summed E-state index contributed by atoms with van der Waals surface area (Å²) in [6.45, 7) is 5.72. The molecule has 2 amide bonds. The van der Waals surface area contributed by atoms with E-state index in [0.717, 1.165) is 19.5 Å². The Morgan fingerprint density at radius 2 is 2.07 bits per heavy atom. The van der Waals surface area contributed by atoms with E-state index in [1.807, 2.05) is 6.07 Å². The van der Waals surface area contributed by atoms with E-state index in [-0.39, 0.29) is 11.8 Å². The molecule has 0 saturated heterocycles. The van der Waals surface area contributed by atoms with E-state index in [9.17, 15) is 9.59 Å². The molecule has 2 aliphatic rings. The molecule has 4 rings (SSSR count). The predicted molar refractivity (Wildman–Crippen MR) is 104 cm³/mol. The van der Waals surface area contributed by atoms with E-state index in [0.29, 0.717) is 23.5 Å². The van der Waals surface area contributed by atoms with Crippen LogP contribution in [-0.4, -0.2) is 37.0 Å². The lowest BCUT2D eigenvalue weighted by atomic mass is 10.0. The molecule has 0 aliphatic carbocycles. The second kappa shape index (κ2) is 6.61. The second-order valence-electron chi connectivity index (χ2n) is 7.40. The van der Waals surface area contributed by atoms with E-state index in [2.05, 4.69) is 33.7 Å². The number of ether oxygens (including phenoxy) is 1. The molecule has 0 unspecified atom stereocenters. The topological polar surface area (TPSA) is 70.7 Å². The maximum atomic E-state index is 12.5. The van der Waals surface area contributed by atoms with Crippen LogP contribution in [0.4, 0.5) is 11.4 Å². The number of rotatable bonds is 4. The van der Waals surface area contributed by atoms with Crippen molar-refractivity contribution in [2.45, 2.75) is 25.9 Å². The van der Waals surface area contributed by atoms with Gasteiger partial charge in [-0.25, -0.2) is 0 Å². The lowest BCUT2D eigenvalue weighted by Gasteiger charge is -2.31. The number of anilines is 2. The predicted octanol–water partition coefficient (Wildman–Crippen LogP) is 2.59. The fraction of sp³-hybridized carbons (Fsp3) is 0.333. The normalized spacial score (nSPS) is 16.8. The van der Waals surface area contributed by atoms with Crippen LogP contribution in [0.25, 0.3) is 0 Å². The quantitative estimate of drug-likeness (QED) is 0.874. The van der Waals surface area contributed by atoms with Crippen molar-refractivity contribution in [3.8, 4) is 5.75 Å². The molecule has 6 nitrogen and oxygen atoms in total. The van der Waals surface area contributed by atoms with Gasteiger partial charge in [-0.3, -0.25) is 9.59 Å². The Balaban J connectivity index is 1.37. The molecule has 0 bridgehead atoms. The average molecular weight is 365 g/mol. The highest BCUT2D eigenvalue weighted by Crippen LogP contribution is 2.34. The van der Waals surface area contributed by atoms with Gasteiger partial charge in [0.2, 0.25) is 0 Å². The molecule has 0 saturated carbocycles. The first-order chi connectivity index (χ1) is 12.9. The Hall–Kier alpha value is -3.02. The van der Waals surface area contributed by atoms with Crippen LogP contribution in [0.2, 0.25) is 0 Å². The van der Waals surface area contributed by atoms with Gasteiger partial charge in [0.1, 0.15) is 5.75 Å². The molecule has 0 spiro atoms. The molecular formula is C21H23N3O3. The Morgan fingerprint density at radius 1 is 1.26 bits per heavy atom. The van der Waals surface area contributed by atoms with Crippen molar-refractivity contribution in [3.05, 3.63) is 53.6 Å². The van der Waals surface area contributed by atoms with Crippen molar-refractivity contribution in [1.29, 1.82) is 0 Å². The Bertz CT molecular complexity index is 907. The number of carbonyl (C=O) groups is 2. The molecule has 140 valence electrons. The number of para-hydroxylation sites is 1. The Kier molecular flexibility index (Phi) is 4.26. The van der Waals surface area contributed by atoms with Crippen LogP contribution in [-0.2, 0) is 11.2 Å². The highest BCUT2D eigenvalue weighted by atomic mass is 16.5. The van der Waals surface area contributed by atoms with Gasteiger partial charge in [0.25, 0.3) is 11.8 Å². The minimum Gasteiger partial charge on any atom is -0.476 e. The van der Waals surface area contributed by atoms with Crippen molar-refractivity contribution in [2.24, 2.45) is 0 Å². The molecule has 2 N–H and O–H groups in total. The number of carbonyl (C=O) groups excluding carboxylic acids is 2. The van der Waals surface area contributed by atoms with Gasteiger partial charge in [-0.05, 0) is 50.1 Å². The van der Waals surface area contributed by atoms with Crippen LogP contribution in [0.3, 0.4) is 0 Å². The average Bonchev–Trinajstić information content (AvgIpc) is 3.05. The molecule has 0 radical (unpaired) electrons. The molecule has 2 aliphatic heterocycles. The summed E-state index contributed by atoms with van der Waals surface area (Å²) >= 11 is 0. The highest BCUT2D eigenvalue weighted by Gasteiger charge is 2.35. The molecule has 0 fully saturated rings. The monoisotopic (exact) mass is 365 g/mol. The Labute approximate surface area is 158 Å². The number of benzene rings is 2. The van der Waals surface area contributed by atoms with E-state index >= 15 is 0 Å². The third-order valence-electron chi connectivity index (χ3n) is 5.05. The van der Waals surface area contributed by atoms with Crippen LogP contribution in [0, 0.1) is 0 Å². The second-order valence-corrected chi connectivity index (χ2v) is 7.40. The zero-order valence-electron chi connectivity index (χ0n) is 15.5. The van der Waals surface area contributed by atoms with E-state index in [1.165, 1.54) is 11.3 Å². The minimum absolute atomic E-state index is 0.163. The number of hydrogen-bond donors (Lipinski definition) is 2. The van der Waals surface area contributed by atoms with Gasteiger partial charge < -0.3 is 20.3 Å². The van der Waals surface area contributed by atoms with Crippen LogP contribution in [0.15, 0.2) is 42.5 Å². The highest BCUT2D eigenvalue weighted by molar-refractivity contribution is 6.02. The molecule has 2 aromatic rings. The zero-order chi connectivity index (χ0) is 19.0. The number of fused-ring (bicyclic) bond motifs is 2. The largest absolute Gasteiger partial charge is 0.476 e. The van der Waals surface area contributed by atoms with Crippen molar-refractivity contribution >= 4 is 23.2 Å². The Morgan fingerprint density at radius 3 is 2.93 bits per heavy atom. The first-order valence-corrected chi connectivity index (χ1v) is 9.20. The third-order valence-corrected chi connectivity index (χ3v) is 5.05. The van der Waals surface area contributed by atoms with Crippen LogP contribution >= 0.6 is 0 Å². The van der Waals surface area contributed by atoms with Crippen LogP contribution < -0.4 is 20.3 Å². The molecule has 0 aromatic heterocycles. The van der Waals surface area contributed by atoms with Crippen LogP contribution in [0.5, 0.6) is 5.75 Å². The zero-order valence-corrected chi connectivity index (χ0v) is 15.5. The number of nitrogens with one attached hydrogen (secondary N) is 2. The standard InChI is InChI=1S/C21H23N3O3/c1-21(2)20(26)23-16-13-15(7-8-18(16)27-21)19(25)22-10-12-24-11-9-14-5-3-4-6-17(14)24/h3-8,13H,9-12H2,1-2H3,(H,22,25)(H,23,26). The van der Waals surface area contributed by atoms with Crippen molar-refractivity contribution < 1.29 is 14.3 Å². The summed E-state index contributed by atoms with van der Waals surface area (Å²) in [6.07, 6.45) is 1.05. The molecule has 2 heterocycles. The lowest BCUT2D eigenvalue weighted by Crippen LogP contribution is -2.45. The summed E-state index contributed by atoms with van der Waals surface area (Å²) < 4.78 is 5.70. The number of amides is 2. The first-order valence-electron chi connectivity index (χ1n) is 9.20. The van der Waals surface area contributed by atoms with E-state index < -0.39 is 5.60 Å². The van der Waals surface area contributed by atoms with Gasteiger partial charge in [0, 0.05) is 30.9 Å². The SMILES string of the molecule is CC1(C)Oc2ccc(C(=O)NCCN3CCc4ccccc43)cc2NC1=O. The molecule has 6 heteroatoms. The number of nitrogens with zero attached hydrogens (tertiary/aromatic N) is 1. The van der Waals surface area contributed by atoms with Gasteiger partial charge in [-0.2, -0.15) is 0 Å². The summed E-state index contributed by atoms with van der Waals surface area (Å²) in [5, 5.41) is 5.76. The van der Waals surface area contributed by atoms with Gasteiger partial charge in [0.05, 0.1) is 5.69 Å². The summed E-state index contributed by atoms with van der Waals surface area (Å²) in [7, 11) is 0. The third kappa shape index (κ3) is 3.35. The summed E-state index contributed by atoms with van der Waals surface area (Å²) in [5.41, 5.74) is 2.72. The molecule has 27 heavy (non-hydrogen) atoms. The fourth-order valence-corrected chi connectivity index (χ4v) is 3.50. The van der Waals surface area contributed by atoms with Gasteiger partial charge in [-0.15, -0.1) is 0 Å². The molecular weight excluding hydrogens is 342 g/mol. The first kappa shape index (κ1) is 17.4. The summed E-state index contributed by atoms with van der Waals surface area (Å²) in [6, 6.07) is 13.5.